The third kappa shape index (κ3) is 2.74. The highest BCUT2D eigenvalue weighted by atomic mass is 16.2. The number of hydrogen-bond donors (Lipinski definition) is 0. The van der Waals surface area contributed by atoms with E-state index in [1.165, 1.54) is 5.56 Å². The molecule has 2 rings (SSSR count). The second-order valence-electron chi connectivity index (χ2n) is 5.24. The van der Waals surface area contributed by atoms with Gasteiger partial charge in [-0.1, -0.05) is 43.7 Å². The molecule has 1 aromatic rings. The van der Waals surface area contributed by atoms with Gasteiger partial charge in [-0.25, -0.2) is 0 Å². The van der Waals surface area contributed by atoms with Gasteiger partial charge in [0, 0.05) is 24.9 Å². The number of nitrogens with zero attached hydrogens (tertiary/aromatic N) is 1. The zero-order valence-electron chi connectivity index (χ0n) is 11.4. The van der Waals surface area contributed by atoms with E-state index in [1.807, 2.05) is 6.07 Å². The van der Waals surface area contributed by atoms with E-state index >= 15 is 0 Å². The molecule has 18 heavy (non-hydrogen) atoms. The van der Waals surface area contributed by atoms with Gasteiger partial charge in [0.1, 0.15) is 0 Å². The molecule has 1 saturated heterocycles. The summed E-state index contributed by atoms with van der Waals surface area (Å²) in [6, 6.07) is 10.9. The lowest BCUT2D eigenvalue weighted by atomic mass is 9.93. The summed E-state index contributed by atoms with van der Waals surface area (Å²) < 4.78 is 0. The van der Waals surface area contributed by atoms with Crippen molar-refractivity contribution in [2.45, 2.75) is 51.5 Å². The molecular weight excluding hydrogens is 222 g/mol. The van der Waals surface area contributed by atoms with Crippen molar-refractivity contribution in [2.75, 3.05) is 6.54 Å². The van der Waals surface area contributed by atoms with Crippen molar-refractivity contribution >= 4 is 5.91 Å². The van der Waals surface area contributed by atoms with Crippen molar-refractivity contribution in [3.63, 3.8) is 0 Å². The van der Waals surface area contributed by atoms with Gasteiger partial charge in [0.15, 0.2) is 0 Å². The smallest absolute Gasteiger partial charge is 0.222 e. The molecule has 0 aliphatic carbocycles. The molecule has 1 aliphatic rings. The van der Waals surface area contributed by atoms with E-state index in [-0.39, 0.29) is 0 Å². The minimum atomic E-state index is 0.336. The van der Waals surface area contributed by atoms with Crippen LogP contribution in [0.4, 0.5) is 0 Å². The molecule has 2 atom stereocenters. The molecule has 2 unspecified atom stereocenters. The van der Waals surface area contributed by atoms with Crippen LogP contribution >= 0.6 is 0 Å². The molecule has 98 valence electrons. The zero-order chi connectivity index (χ0) is 13.0. The van der Waals surface area contributed by atoms with Gasteiger partial charge in [0.25, 0.3) is 0 Å². The first-order chi connectivity index (χ1) is 8.74. The average molecular weight is 245 g/mol. The van der Waals surface area contributed by atoms with Crippen LogP contribution in [0.1, 0.15) is 51.0 Å². The second kappa shape index (κ2) is 6.03. The van der Waals surface area contributed by atoms with E-state index in [1.54, 1.807) is 0 Å². The number of carbonyl (C=O) groups excluding carboxylic acids is 1. The van der Waals surface area contributed by atoms with Gasteiger partial charge in [-0.2, -0.15) is 0 Å². The monoisotopic (exact) mass is 245 g/mol. The van der Waals surface area contributed by atoms with Gasteiger partial charge >= 0.3 is 0 Å². The summed E-state index contributed by atoms with van der Waals surface area (Å²) >= 11 is 0. The predicted molar refractivity (Wildman–Crippen MR) is 74.5 cm³/mol. The maximum absolute atomic E-state index is 12.1. The standard InChI is InChI=1S/C16H23NO/c1-3-4-10-16(18)17-12-11-15(13(17)2)14-8-6-5-7-9-14/h5-9,13,15H,3-4,10-12H2,1-2H3. The van der Waals surface area contributed by atoms with Crippen molar-refractivity contribution in [3.05, 3.63) is 35.9 Å². The third-order valence-electron chi connectivity index (χ3n) is 4.05. The van der Waals surface area contributed by atoms with E-state index in [4.69, 9.17) is 0 Å². The topological polar surface area (TPSA) is 20.3 Å². The molecule has 1 fully saturated rings. The number of likely N-dealkylation sites (tertiary alicyclic amines) is 1. The number of unbranched alkanes of at least 4 members (excludes halogenated alkanes) is 1. The fourth-order valence-electron chi connectivity index (χ4n) is 2.91. The van der Waals surface area contributed by atoms with Crippen LogP contribution in [0.5, 0.6) is 0 Å². The Morgan fingerprint density at radius 3 is 2.72 bits per heavy atom. The summed E-state index contributed by atoms with van der Waals surface area (Å²) in [5, 5.41) is 0. The lowest BCUT2D eigenvalue weighted by molar-refractivity contribution is -0.131. The minimum absolute atomic E-state index is 0.336. The van der Waals surface area contributed by atoms with Gasteiger partial charge in [0.2, 0.25) is 5.91 Å². The van der Waals surface area contributed by atoms with E-state index in [0.717, 1.165) is 25.8 Å². The molecule has 0 spiro atoms. The average Bonchev–Trinajstić information content (AvgIpc) is 2.79. The van der Waals surface area contributed by atoms with Crippen LogP contribution in [0.3, 0.4) is 0 Å². The summed E-state index contributed by atoms with van der Waals surface area (Å²) in [6.45, 7) is 5.24. The van der Waals surface area contributed by atoms with E-state index in [2.05, 4.69) is 43.0 Å². The maximum atomic E-state index is 12.1. The second-order valence-corrected chi connectivity index (χ2v) is 5.24. The van der Waals surface area contributed by atoms with Crippen molar-refractivity contribution in [1.29, 1.82) is 0 Å². The Balaban J connectivity index is 2.01. The molecule has 2 nitrogen and oxygen atoms in total. The molecule has 1 heterocycles. The van der Waals surface area contributed by atoms with Crippen LogP contribution in [0.25, 0.3) is 0 Å². The molecule has 2 heteroatoms. The van der Waals surface area contributed by atoms with Crippen LogP contribution < -0.4 is 0 Å². The van der Waals surface area contributed by atoms with Crippen LogP contribution in [0.2, 0.25) is 0 Å². The maximum Gasteiger partial charge on any atom is 0.222 e. The molecule has 1 amide bonds. The molecule has 1 aliphatic heterocycles. The minimum Gasteiger partial charge on any atom is -0.339 e. The molecule has 0 aromatic heterocycles. The first-order valence-electron chi connectivity index (χ1n) is 7.08. The molecular formula is C16H23NO. The Labute approximate surface area is 110 Å². The van der Waals surface area contributed by atoms with Gasteiger partial charge in [-0.3, -0.25) is 4.79 Å². The number of carbonyl (C=O) groups is 1. The zero-order valence-corrected chi connectivity index (χ0v) is 11.4. The summed E-state index contributed by atoms with van der Waals surface area (Å²) in [5.41, 5.74) is 1.37. The van der Waals surface area contributed by atoms with E-state index < -0.39 is 0 Å². The molecule has 0 saturated carbocycles. The highest BCUT2D eigenvalue weighted by Crippen LogP contribution is 2.33. The number of rotatable bonds is 4. The molecule has 0 radical (unpaired) electrons. The summed E-state index contributed by atoms with van der Waals surface area (Å²) in [6.07, 6.45) is 3.92. The highest BCUT2D eigenvalue weighted by Gasteiger charge is 2.33. The highest BCUT2D eigenvalue weighted by molar-refractivity contribution is 5.77. The number of hydrogen-bond acceptors (Lipinski definition) is 1. The number of benzene rings is 1. The van der Waals surface area contributed by atoms with Crippen LogP contribution in [0.15, 0.2) is 30.3 Å². The van der Waals surface area contributed by atoms with Gasteiger partial charge in [-0.15, -0.1) is 0 Å². The lowest BCUT2D eigenvalue weighted by Crippen LogP contribution is -2.35. The number of amides is 1. The largest absolute Gasteiger partial charge is 0.339 e. The quantitative estimate of drug-likeness (QED) is 0.794. The fraction of sp³-hybridized carbons (Fsp3) is 0.562. The van der Waals surface area contributed by atoms with Crippen molar-refractivity contribution in [2.24, 2.45) is 0 Å². The first kappa shape index (κ1) is 13.1. The fourth-order valence-corrected chi connectivity index (χ4v) is 2.91. The predicted octanol–water partition coefficient (Wildman–Crippen LogP) is 3.58. The van der Waals surface area contributed by atoms with E-state index in [0.29, 0.717) is 24.3 Å². The van der Waals surface area contributed by atoms with Gasteiger partial charge in [-0.05, 0) is 25.3 Å². The van der Waals surface area contributed by atoms with Crippen molar-refractivity contribution in [1.82, 2.24) is 4.90 Å². The van der Waals surface area contributed by atoms with Gasteiger partial charge < -0.3 is 4.90 Å². The van der Waals surface area contributed by atoms with Crippen LogP contribution in [-0.2, 0) is 4.79 Å². The normalized spacial score (nSPS) is 23.3. The van der Waals surface area contributed by atoms with E-state index in [9.17, 15) is 4.79 Å². The lowest BCUT2D eigenvalue weighted by Gasteiger charge is -2.25. The van der Waals surface area contributed by atoms with Crippen LogP contribution in [0, 0.1) is 0 Å². The van der Waals surface area contributed by atoms with Crippen molar-refractivity contribution < 1.29 is 4.79 Å². The third-order valence-corrected chi connectivity index (χ3v) is 4.05. The van der Waals surface area contributed by atoms with Gasteiger partial charge in [0.05, 0.1) is 0 Å². The molecule has 1 aromatic carbocycles. The molecule has 0 N–H and O–H groups in total. The SMILES string of the molecule is CCCCC(=O)N1CCC(c2ccccc2)C1C. The molecule has 0 bridgehead atoms. The summed E-state index contributed by atoms with van der Waals surface area (Å²) in [4.78, 5) is 14.2. The Morgan fingerprint density at radius 2 is 2.06 bits per heavy atom. The summed E-state index contributed by atoms with van der Waals surface area (Å²) in [7, 11) is 0. The first-order valence-corrected chi connectivity index (χ1v) is 7.08. The Bertz CT molecular complexity index is 387. The Kier molecular flexibility index (Phi) is 4.40. The summed E-state index contributed by atoms with van der Waals surface area (Å²) in [5.74, 6) is 0.847. The van der Waals surface area contributed by atoms with Crippen molar-refractivity contribution in [3.8, 4) is 0 Å². The Hall–Kier alpha value is -1.31. The van der Waals surface area contributed by atoms with Crippen LogP contribution in [-0.4, -0.2) is 23.4 Å². The Morgan fingerprint density at radius 1 is 1.33 bits per heavy atom.